The third kappa shape index (κ3) is 1.88. The van der Waals surface area contributed by atoms with E-state index in [1.54, 1.807) is 0 Å². The van der Waals surface area contributed by atoms with Crippen LogP contribution in [0.4, 0.5) is 5.69 Å². The van der Waals surface area contributed by atoms with Crippen molar-refractivity contribution in [3.63, 3.8) is 0 Å². The highest BCUT2D eigenvalue weighted by molar-refractivity contribution is 5.96. The van der Waals surface area contributed by atoms with E-state index in [2.05, 4.69) is 4.42 Å². The second kappa shape index (κ2) is 4.09. The molecule has 0 unspecified atom stereocenters. The van der Waals surface area contributed by atoms with Crippen molar-refractivity contribution in [2.24, 2.45) is 0 Å². The zero-order chi connectivity index (χ0) is 14.3. The van der Waals surface area contributed by atoms with Crippen LogP contribution < -0.4 is 5.63 Å². The van der Waals surface area contributed by atoms with Crippen LogP contribution in [0.3, 0.4) is 0 Å². The van der Waals surface area contributed by atoms with E-state index in [1.807, 2.05) is 0 Å². The Kier molecular flexibility index (Phi) is 2.70. The third-order valence-electron chi connectivity index (χ3n) is 2.60. The van der Waals surface area contributed by atoms with Crippen molar-refractivity contribution in [3.05, 3.63) is 43.8 Å². The van der Waals surface area contributed by atoms with Gasteiger partial charge in [0.15, 0.2) is 5.75 Å². The number of carbonyl (C=O) groups is 1. The van der Waals surface area contributed by atoms with E-state index < -0.39 is 39.1 Å². The minimum absolute atomic E-state index is 0.0847. The minimum Gasteiger partial charge on any atom is -0.502 e. The molecule has 8 nitrogen and oxygen atoms in total. The van der Waals surface area contributed by atoms with Gasteiger partial charge in [-0.3, -0.25) is 10.1 Å². The fourth-order valence-corrected chi connectivity index (χ4v) is 1.73. The van der Waals surface area contributed by atoms with Gasteiger partial charge in [-0.15, -0.1) is 0 Å². The van der Waals surface area contributed by atoms with Crippen molar-refractivity contribution in [2.45, 2.75) is 6.92 Å². The van der Waals surface area contributed by atoms with Crippen molar-refractivity contribution in [1.29, 1.82) is 0 Å². The Labute approximate surface area is 104 Å². The van der Waals surface area contributed by atoms with Crippen LogP contribution in [0, 0.1) is 17.0 Å². The monoisotopic (exact) mass is 265 g/mol. The average Bonchev–Trinajstić information content (AvgIpc) is 2.26. The molecule has 2 N–H and O–H groups in total. The maximum atomic E-state index is 11.4. The quantitative estimate of drug-likeness (QED) is 0.476. The van der Waals surface area contributed by atoms with Crippen LogP contribution in [0.15, 0.2) is 21.3 Å². The fourth-order valence-electron chi connectivity index (χ4n) is 1.73. The van der Waals surface area contributed by atoms with Crippen LogP contribution in [0.1, 0.15) is 15.9 Å². The Hall–Kier alpha value is -2.90. The number of rotatable bonds is 2. The lowest BCUT2D eigenvalue weighted by atomic mass is 10.1. The van der Waals surface area contributed by atoms with Crippen LogP contribution >= 0.6 is 0 Å². The third-order valence-corrected chi connectivity index (χ3v) is 2.60. The summed E-state index contributed by atoms with van der Waals surface area (Å²) in [6.07, 6.45) is 0. The summed E-state index contributed by atoms with van der Waals surface area (Å²) in [4.78, 5) is 32.2. The molecule has 0 radical (unpaired) electrons. The number of nitro benzene ring substituents is 1. The minimum atomic E-state index is -1.49. The summed E-state index contributed by atoms with van der Waals surface area (Å²) in [6.45, 7) is 1.50. The Morgan fingerprint density at radius 1 is 1.42 bits per heavy atom. The molecule has 1 aromatic carbocycles. The lowest BCUT2D eigenvalue weighted by molar-refractivity contribution is -0.384. The molecular formula is C11H7NO7. The molecular weight excluding hydrogens is 258 g/mol. The van der Waals surface area contributed by atoms with Crippen molar-refractivity contribution < 1.29 is 24.3 Å². The van der Waals surface area contributed by atoms with Crippen LogP contribution in [0.2, 0.25) is 0 Å². The predicted molar refractivity (Wildman–Crippen MR) is 62.5 cm³/mol. The fraction of sp³-hybridized carbons (Fsp3) is 0.0909. The molecule has 0 aliphatic rings. The molecule has 0 fully saturated rings. The number of aromatic carboxylic acids is 1. The van der Waals surface area contributed by atoms with Gasteiger partial charge in [-0.25, -0.2) is 9.59 Å². The molecule has 0 aliphatic carbocycles. The number of nitro groups is 1. The van der Waals surface area contributed by atoms with E-state index in [0.29, 0.717) is 5.56 Å². The SMILES string of the molecule is Cc1cc(O)c([N+](=O)[O-])c2oc(=O)c(C(=O)O)cc12. The number of nitrogens with zero attached hydrogens (tertiary/aromatic N) is 1. The van der Waals surface area contributed by atoms with E-state index in [9.17, 15) is 24.8 Å². The first-order valence-electron chi connectivity index (χ1n) is 5.01. The number of aromatic hydroxyl groups is 1. The maximum absolute atomic E-state index is 11.4. The molecule has 8 heteroatoms. The Morgan fingerprint density at radius 3 is 2.58 bits per heavy atom. The predicted octanol–water partition coefficient (Wildman–Crippen LogP) is 1.41. The summed E-state index contributed by atoms with van der Waals surface area (Å²) >= 11 is 0. The smallest absolute Gasteiger partial charge is 0.353 e. The molecule has 0 amide bonds. The van der Waals surface area contributed by atoms with Gasteiger partial charge in [0.2, 0.25) is 5.58 Å². The number of hydrogen-bond acceptors (Lipinski definition) is 6. The Bertz CT molecular complexity index is 775. The van der Waals surface area contributed by atoms with Gasteiger partial charge in [0.25, 0.3) is 0 Å². The normalized spacial score (nSPS) is 10.6. The van der Waals surface area contributed by atoms with Gasteiger partial charge in [-0.2, -0.15) is 0 Å². The summed E-state index contributed by atoms with van der Waals surface area (Å²) < 4.78 is 4.67. The lowest BCUT2D eigenvalue weighted by Crippen LogP contribution is -2.13. The summed E-state index contributed by atoms with van der Waals surface area (Å²) in [6, 6.07) is 2.09. The molecule has 1 heterocycles. The van der Waals surface area contributed by atoms with Crippen molar-refractivity contribution in [2.75, 3.05) is 0 Å². The van der Waals surface area contributed by atoms with Crippen molar-refractivity contribution in [3.8, 4) is 5.75 Å². The zero-order valence-corrected chi connectivity index (χ0v) is 9.54. The highest BCUT2D eigenvalue weighted by Gasteiger charge is 2.25. The number of benzene rings is 1. The Balaban J connectivity index is 3.02. The molecule has 0 saturated carbocycles. The molecule has 19 heavy (non-hydrogen) atoms. The highest BCUT2D eigenvalue weighted by Crippen LogP contribution is 2.36. The van der Waals surface area contributed by atoms with Gasteiger partial charge in [0, 0.05) is 5.39 Å². The van der Waals surface area contributed by atoms with Crippen LogP contribution in [-0.2, 0) is 0 Å². The molecule has 1 aromatic heterocycles. The van der Waals surface area contributed by atoms with Gasteiger partial charge < -0.3 is 14.6 Å². The summed E-state index contributed by atoms with van der Waals surface area (Å²) in [5, 5.41) is 29.2. The highest BCUT2D eigenvalue weighted by atomic mass is 16.6. The van der Waals surface area contributed by atoms with Gasteiger partial charge >= 0.3 is 17.3 Å². The number of phenols is 1. The number of carboxylic acid groups (broad SMARTS) is 1. The number of fused-ring (bicyclic) bond motifs is 1. The zero-order valence-electron chi connectivity index (χ0n) is 9.54. The molecule has 98 valence electrons. The molecule has 0 spiro atoms. The van der Waals surface area contributed by atoms with Gasteiger partial charge in [0.05, 0.1) is 4.92 Å². The first-order chi connectivity index (χ1) is 8.82. The van der Waals surface area contributed by atoms with Crippen LogP contribution in [0.25, 0.3) is 11.0 Å². The molecule has 0 saturated heterocycles. The number of aryl methyl sites for hydroxylation is 1. The van der Waals surface area contributed by atoms with E-state index >= 15 is 0 Å². The second-order valence-corrected chi connectivity index (χ2v) is 3.81. The van der Waals surface area contributed by atoms with Crippen LogP contribution in [-0.4, -0.2) is 21.1 Å². The Morgan fingerprint density at radius 2 is 2.05 bits per heavy atom. The van der Waals surface area contributed by atoms with Crippen molar-refractivity contribution >= 4 is 22.6 Å². The van der Waals surface area contributed by atoms with E-state index in [4.69, 9.17) is 5.11 Å². The van der Waals surface area contributed by atoms with E-state index in [-0.39, 0.29) is 5.39 Å². The molecule has 2 rings (SSSR count). The molecule has 0 atom stereocenters. The number of hydrogen-bond donors (Lipinski definition) is 2. The summed E-state index contributed by atoms with van der Waals surface area (Å²) in [5.41, 5.74) is -2.71. The first kappa shape index (κ1) is 12.6. The first-order valence-corrected chi connectivity index (χ1v) is 5.01. The van der Waals surface area contributed by atoms with Gasteiger partial charge in [0.1, 0.15) is 5.56 Å². The van der Waals surface area contributed by atoms with Gasteiger partial charge in [-0.05, 0) is 24.6 Å². The molecule has 0 aliphatic heterocycles. The van der Waals surface area contributed by atoms with E-state index in [1.165, 1.54) is 6.92 Å². The van der Waals surface area contributed by atoms with Crippen molar-refractivity contribution in [1.82, 2.24) is 0 Å². The average molecular weight is 265 g/mol. The molecule has 2 aromatic rings. The summed E-state index contributed by atoms with van der Waals surface area (Å²) in [5.74, 6) is -2.15. The number of carboxylic acids is 1. The second-order valence-electron chi connectivity index (χ2n) is 3.81. The maximum Gasteiger partial charge on any atom is 0.353 e. The van der Waals surface area contributed by atoms with Gasteiger partial charge in [-0.1, -0.05) is 0 Å². The standard InChI is InChI=1S/C11H7NO7/c1-4-2-7(13)8(12(17)18)9-5(4)3-6(10(14)15)11(16)19-9/h2-3,13H,1H3,(H,14,15). The number of phenolic OH excluding ortho intramolecular Hbond substituents is 1. The summed E-state index contributed by atoms with van der Waals surface area (Å²) in [7, 11) is 0. The van der Waals surface area contributed by atoms with E-state index in [0.717, 1.165) is 12.1 Å². The largest absolute Gasteiger partial charge is 0.502 e. The topological polar surface area (TPSA) is 131 Å². The molecule has 0 bridgehead atoms. The lowest BCUT2D eigenvalue weighted by Gasteiger charge is -2.04. The van der Waals surface area contributed by atoms with Crippen LogP contribution in [0.5, 0.6) is 5.75 Å².